The molecule has 7 rings (SSSR count). The number of aliphatic hydroxyl groups is 1. The van der Waals surface area contributed by atoms with Gasteiger partial charge in [-0.3, -0.25) is 19.7 Å². The van der Waals surface area contributed by atoms with Gasteiger partial charge in [0, 0.05) is 69.9 Å². The van der Waals surface area contributed by atoms with Crippen molar-refractivity contribution in [3.63, 3.8) is 0 Å². The number of piperidine rings is 2. The van der Waals surface area contributed by atoms with Crippen molar-refractivity contribution in [3.05, 3.63) is 124 Å². The van der Waals surface area contributed by atoms with Crippen LogP contribution in [0.5, 0.6) is 5.75 Å². The van der Waals surface area contributed by atoms with E-state index < -0.39 is 12.2 Å². The summed E-state index contributed by atoms with van der Waals surface area (Å²) in [6.45, 7) is 4.36. The summed E-state index contributed by atoms with van der Waals surface area (Å²) in [5.74, 6) is 0.352. The number of aromatic hydroxyl groups is 1. The maximum atomic E-state index is 13.1. The standard InChI is InChI=1S/C46H52N6O8/c53-39-13-11-37(38-12-15-42(55)50-45(38)39)40(54)29-47-27-32-10-14-41(48-28-32)49-46(58)59-30-31-16-24-52(25-17-31)43(56)20-23-51-21-18-35(19-22-51)60-44(57)26-34-8-4-5-9-36(34)33-6-2-1-3-7-33/h1-15,28,31,35,40,47,53-54H,16-27,29-30H2,(H,50,55)(H,48,49,58)/t40-/m0/s1. The summed E-state index contributed by atoms with van der Waals surface area (Å²) < 4.78 is 11.4. The van der Waals surface area contributed by atoms with Crippen molar-refractivity contribution in [2.24, 2.45) is 5.92 Å². The van der Waals surface area contributed by atoms with E-state index in [1.807, 2.05) is 65.6 Å². The van der Waals surface area contributed by atoms with Crippen molar-refractivity contribution in [2.45, 2.75) is 57.3 Å². The van der Waals surface area contributed by atoms with Gasteiger partial charge in [0.2, 0.25) is 11.5 Å². The third-order valence-electron chi connectivity index (χ3n) is 11.3. The molecular formula is C46H52N6O8. The molecule has 1 atom stereocenters. The number of H-pyrrole nitrogens is 1. The number of likely N-dealkylation sites (tertiary alicyclic amines) is 2. The van der Waals surface area contributed by atoms with Gasteiger partial charge in [0.1, 0.15) is 17.7 Å². The van der Waals surface area contributed by atoms with Gasteiger partial charge >= 0.3 is 12.1 Å². The molecule has 5 N–H and O–H groups in total. The van der Waals surface area contributed by atoms with E-state index in [1.54, 1.807) is 24.4 Å². The van der Waals surface area contributed by atoms with E-state index >= 15 is 0 Å². The molecule has 0 unspecified atom stereocenters. The minimum absolute atomic E-state index is 0.0684. The predicted molar refractivity (Wildman–Crippen MR) is 227 cm³/mol. The van der Waals surface area contributed by atoms with Crippen molar-refractivity contribution < 1.29 is 34.1 Å². The summed E-state index contributed by atoms with van der Waals surface area (Å²) in [5, 5.41) is 27.3. The summed E-state index contributed by atoms with van der Waals surface area (Å²) in [6.07, 6.45) is 3.69. The Hall–Kier alpha value is -6.09. The third-order valence-corrected chi connectivity index (χ3v) is 11.3. The van der Waals surface area contributed by atoms with E-state index in [2.05, 4.69) is 25.5 Å². The summed E-state index contributed by atoms with van der Waals surface area (Å²) in [5.41, 5.74) is 4.41. The van der Waals surface area contributed by atoms with Gasteiger partial charge in [-0.05, 0) is 77.6 Å². The van der Waals surface area contributed by atoms with E-state index in [1.165, 1.54) is 12.1 Å². The number of pyridine rings is 2. The zero-order chi connectivity index (χ0) is 41.8. The Morgan fingerprint density at radius 2 is 1.65 bits per heavy atom. The van der Waals surface area contributed by atoms with Crippen LogP contribution in [0.1, 0.15) is 54.9 Å². The molecule has 2 aliphatic heterocycles. The van der Waals surface area contributed by atoms with Gasteiger partial charge in [0.15, 0.2) is 0 Å². The Bertz CT molecular complexity index is 2290. The SMILES string of the molecule is O=C(Cc1ccccc1-c1ccccc1)OC1CCN(CCC(=O)N2CCC(COC(=O)Nc3ccc(CNC[C@H](O)c4ccc(O)c5[nH]c(=O)ccc45)cn3)CC2)CC1. The zero-order valence-corrected chi connectivity index (χ0v) is 33.6. The van der Waals surface area contributed by atoms with Crippen molar-refractivity contribution >= 4 is 34.7 Å². The number of phenols is 1. The van der Waals surface area contributed by atoms with E-state index in [0.717, 1.165) is 61.0 Å². The van der Waals surface area contributed by atoms with Crippen LogP contribution in [0.15, 0.2) is 102 Å². The maximum absolute atomic E-state index is 13.1. The molecule has 5 aromatic rings. The van der Waals surface area contributed by atoms with Gasteiger partial charge in [-0.2, -0.15) is 0 Å². The number of anilines is 1. The molecule has 4 heterocycles. The third kappa shape index (κ3) is 11.3. The number of ether oxygens (including phenoxy) is 2. The highest BCUT2D eigenvalue weighted by Gasteiger charge is 2.27. The molecule has 0 saturated carbocycles. The monoisotopic (exact) mass is 816 g/mol. The van der Waals surface area contributed by atoms with Crippen LogP contribution in [0, 0.1) is 5.92 Å². The second kappa shape index (κ2) is 20.2. The van der Waals surface area contributed by atoms with E-state index in [0.29, 0.717) is 49.4 Å². The molecule has 0 aliphatic carbocycles. The van der Waals surface area contributed by atoms with Crippen LogP contribution in [0.4, 0.5) is 10.6 Å². The van der Waals surface area contributed by atoms with Crippen molar-refractivity contribution in [1.29, 1.82) is 0 Å². The van der Waals surface area contributed by atoms with Crippen molar-refractivity contribution in [3.8, 4) is 16.9 Å². The highest BCUT2D eigenvalue weighted by molar-refractivity contribution is 5.87. The van der Waals surface area contributed by atoms with Crippen LogP contribution in [0.3, 0.4) is 0 Å². The van der Waals surface area contributed by atoms with Gasteiger partial charge in [0.25, 0.3) is 0 Å². The van der Waals surface area contributed by atoms with Crippen LogP contribution in [0.2, 0.25) is 0 Å². The number of aromatic nitrogens is 2. The molecule has 14 heteroatoms. The fourth-order valence-corrected chi connectivity index (χ4v) is 7.92. The number of aliphatic hydroxyl groups excluding tert-OH is 1. The minimum Gasteiger partial charge on any atom is -0.506 e. The lowest BCUT2D eigenvalue weighted by Crippen LogP contribution is -2.43. The minimum atomic E-state index is -0.891. The van der Waals surface area contributed by atoms with Crippen molar-refractivity contribution in [1.82, 2.24) is 25.1 Å². The number of carbonyl (C=O) groups is 3. The van der Waals surface area contributed by atoms with Crippen LogP contribution in [0.25, 0.3) is 22.0 Å². The van der Waals surface area contributed by atoms with E-state index in [4.69, 9.17) is 9.47 Å². The summed E-state index contributed by atoms with van der Waals surface area (Å²) in [7, 11) is 0. The normalized spacial score (nSPS) is 15.7. The Kier molecular flexibility index (Phi) is 14.2. The molecule has 0 radical (unpaired) electrons. The highest BCUT2D eigenvalue weighted by atomic mass is 16.6. The number of amides is 2. The number of rotatable bonds is 15. The number of carbonyl (C=O) groups excluding carboxylic acids is 3. The maximum Gasteiger partial charge on any atom is 0.412 e. The number of benzene rings is 3. The average molecular weight is 817 g/mol. The number of nitrogens with one attached hydrogen (secondary N) is 3. The highest BCUT2D eigenvalue weighted by Crippen LogP contribution is 2.29. The lowest BCUT2D eigenvalue weighted by atomic mass is 9.97. The Labute approximate surface area is 348 Å². The zero-order valence-electron chi connectivity index (χ0n) is 33.6. The molecule has 0 bridgehead atoms. The van der Waals surface area contributed by atoms with Crippen LogP contribution < -0.4 is 16.2 Å². The number of phenolic OH excluding ortho intramolecular Hbond substituents is 1. The fraction of sp³-hybridized carbons (Fsp3) is 0.370. The van der Waals surface area contributed by atoms with Gasteiger partial charge in [0.05, 0.1) is 24.6 Å². The molecule has 2 saturated heterocycles. The first kappa shape index (κ1) is 42.0. The molecule has 314 valence electrons. The molecule has 3 aromatic carbocycles. The van der Waals surface area contributed by atoms with E-state index in [-0.39, 0.29) is 60.3 Å². The number of esters is 1. The van der Waals surface area contributed by atoms with Crippen LogP contribution >= 0.6 is 0 Å². The van der Waals surface area contributed by atoms with Crippen molar-refractivity contribution in [2.75, 3.05) is 51.2 Å². The lowest BCUT2D eigenvalue weighted by Gasteiger charge is -2.34. The first-order chi connectivity index (χ1) is 29.2. The molecule has 60 heavy (non-hydrogen) atoms. The van der Waals surface area contributed by atoms with Gasteiger partial charge in [-0.1, -0.05) is 66.7 Å². The van der Waals surface area contributed by atoms with E-state index in [9.17, 15) is 29.4 Å². The van der Waals surface area contributed by atoms with Gasteiger partial charge in [-0.25, -0.2) is 9.78 Å². The number of fused-ring (bicyclic) bond motifs is 1. The Balaban J connectivity index is 0.743. The smallest absolute Gasteiger partial charge is 0.412 e. The molecule has 2 aliphatic rings. The Morgan fingerprint density at radius 3 is 2.42 bits per heavy atom. The number of hydrogen-bond donors (Lipinski definition) is 5. The Morgan fingerprint density at radius 1 is 0.883 bits per heavy atom. The fourth-order valence-electron chi connectivity index (χ4n) is 7.92. The second-order valence-corrected chi connectivity index (χ2v) is 15.5. The molecule has 0 spiro atoms. The molecule has 2 fully saturated rings. The molecular weight excluding hydrogens is 765 g/mol. The number of hydrogen-bond acceptors (Lipinski definition) is 11. The lowest BCUT2D eigenvalue weighted by molar-refractivity contribution is -0.150. The topological polar surface area (TPSA) is 186 Å². The van der Waals surface area contributed by atoms with Crippen LogP contribution in [-0.4, -0.2) is 99.9 Å². The largest absolute Gasteiger partial charge is 0.506 e. The number of nitrogens with zero attached hydrogens (tertiary/aromatic N) is 3. The summed E-state index contributed by atoms with van der Waals surface area (Å²) >= 11 is 0. The quantitative estimate of drug-likeness (QED) is 0.0835. The molecule has 2 amide bonds. The second-order valence-electron chi connectivity index (χ2n) is 15.5. The first-order valence-electron chi connectivity index (χ1n) is 20.6. The number of aromatic amines is 1. The van der Waals surface area contributed by atoms with Gasteiger partial charge in [-0.15, -0.1) is 0 Å². The summed E-state index contributed by atoms with van der Waals surface area (Å²) in [6, 6.07) is 27.5. The average Bonchev–Trinajstić information content (AvgIpc) is 3.27. The molecule has 2 aromatic heterocycles. The predicted octanol–water partition coefficient (Wildman–Crippen LogP) is 5.55. The van der Waals surface area contributed by atoms with Gasteiger partial charge < -0.3 is 39.8 Å². The first-order valence-corrected chi connectivity index (χ1v) is 20.6. The van der Waals surface area contributed by atoms with Crippen LogP contribution in [-0.2, 0) is 32.0 Å². The summed E-state index contributed by atoms with van der Waals surface area (Å²) in [4.78, 5) is 61.2. The molecule has 14 nitrogen and oxygen atoms in total.